The van der Waals surface area contributed by atoms with E-state index in [0.717, 1.165) is 18.4 Å². The fourth-order valence-corrected chi connectivity index (χ4v) is 3.81. The Morgan fingerprint density at radius 1 is 1.48 bits per heavy atom. The first-order valence-corrected chi connectivity index (χ1v) is 8.54. The van der Waals surface area contributed by atoms with E-state index in [1.165, 1.54) is 11.3 Å². The maximum atomic E-state index is 12.2. The Kier molecular flexibility index (Phi) is 3.93. The largest absolute Gasteiger partial charge is 0.462 e. The molecule has 2 aliphatic rings. The van der Waals surface area contributed by atoms with Gasteiger partial charge in [-0.2, -0.15) is 0 Å². The van der Waals surface area contributed by atoms with Crippen molar-refractivity contribution in [3.05, 3.63) is 16.5 Å². The van der Waals surface area contributed by atoms with Gasteiger partial charge in [0.2, 0.25) is 5.91 Å². The number of nitrogens with one attached hydrogen (secondary N) is 1. The van der Waals surface area contributed by atoms with E-state index in [1.807, 2.05) is 5.38 Å². The maximum absolute atomic E-state index is 12.2. The second-order valence-corrected chi connectivity index (χ2v) is 7.82. The molecule has 3 rings (SSSR count). The number of rotatable bonds is 5. The van der Waals surface area contributed by atoms with Crippen molar-refractivity contribution in [1.29, 1.82) is 0 Å². The van der Waals surface area contributed by atoms with Crippen molar-refractivity contribution >= 4 is 51.4 Å². The molecule has 1 N–H and O–H groups in total. The summed E-state index contributed by atoms with van der Waals surface area (Å²) in [6, 6.07) is 0. The van der Waals surface area contributed by atoms with Gasteiger partial charge in [-0.05, 0) is 43.0 Å². The van der Waals surface area contributed by atoms with E-state index in [4.69, 9.17) is 27.9 Å². The molecule has 1 aromatic heterocycles. The zero-order valence-corrected chi connectivity index (χ0v) is 13.8. The standard InChI is InChI=1S/C14H15Cl2NO3S/c1-2-20-13(19)10-8(7-3-4-7)6-21-12(10)17-11(18)9-5-14(9,15)16/h6-7,9H,2-5H2,1H3,(H,17,18). The average molecular weight is 348 g/mol. The Hall–Kier alpha value is -0.780. The second-order valence-electron chi connectivity index (χ2n) is 5.40. The first kappa shape index (κ1) is 15.1. The second kappa shape index (κ2) is 5.45. The molecule has 0 aromatic carbocycles. The lowest BCUT2D eigenvalue weighted by molar-refractivity contribution is -0.117. The highest BCUT2D eigenvalue weighted by Gasteiger charge is 2.56. The van der Waals surface area contributed by atoms with Gasteiger partial charge in [0.25, 0.3) is 0 Å². The minimum atomic E-state index is -0.968. The van der Waals surface area contributed by atoms with Crippen LogP contribution in [0.5, 0.6) is 0 Å². The minimum absolute atomic E-state index is 0.241. The molecule has 0 saturated heterocycles. The van der Waals surface area contributed by atoms with Crippen LogP contribution in [0.15, 0.2) is 5.38 Å². The Bertz CT molecular complexity index is 595. The fourth-order valence-electron chi connectivity index (χ4n) is 2.27. The number of thiophene rings is 1. The van der Waals surface area contributed by atoms with Crippen molar-refractivity contribution in [2.45, 2.75) is 36.4 Å². The van der Waals surface area contributed by atoms with Crippen molar-refractivity contribution < 1.29 is 14.3 Å². The summed E-state index contributed by atoms with van der Waals surface area (Å²) in [5.41, 5.74) is 1.47. The van der Waals surface area contributed by atoms with E-state index in [1.54, 1.807) is 6.92 Å². The molecule has 1 amide bonds. The number of hydrogen-bond donors (Lipinski definition) is 1. The van der Waals surface area contributed by atoms with E-state index < -0.39 is 10.3 Å². The predicted molar refractivity (Wildman–Crippen MR) is 83.4 cm³/mol. The lowest BCUT2D eigenvalue weighted by atomic mass is 10.1. The van der Waals surface area contributed by atoms with Crippen LogP contribution in [0.25, 0.3) is 0 Å². The molecule has 0 radical (unpaired) electrons. The SMILES string of the molecule is CCOC(=O)c1c(C2CC2)csc1NC(=O)C1CC1(Cl)Cl. The number of carbonyl (C=O) groups excluding carboxylic acids is 2. The van der Waals surface area contributed by atoms with Crippen molar-refractivity contribution in [2.75, 3.05) is 11.9 Å². The third-order valence-corrected chi connectivity index (χ3v) is 5.44. The van der Waals surface area contributed by atoms with Crippen LogP contribution in [0, 0.1) is 5.92 Å². The number of amides is 1. The molecule has 7 heteroatoms. The number of esters is 1. The molecule has 0 bridgehead atoms. The molecule has 0 spiro atoms. The van der Waals surface area contributed by atoms with E-state index >= 15 is 0 Å². The molecule has 2 saturated carbocycles. The van der Waals surface area contributed by atoms with Crippen LogP contribution >= 0.6 is 34.5 Å². The topological polar surface area (TPSA) is 55.4 Å². The first-order chi connectivity index (χ1) is 9.94. The zero-order valence-electron chi connectivity index (χ0n) is 11.4. The third kappa shape index (κ3) is 3.05. The minimum Gasteiger partial charge on any atom is -0.462 e. The van der Waals surface area contributed by atoms with E-state index in [-0.39, 0.29) is 11.9 Å². The fraction of sp³-hybridized carbons (Fsp3) is 0.571. The van der Waals surface area contributed by atoms with E-state index in [0.29, 0.717) is 29.5 Å². The Morgan fingerprint density at radius 2 is 2.14 bits per heavy atom. The van der Waals surface area contributed by atoms with Crippen molar-refractivity contribution in [2.24, 2.45) is 5.92 Å². The van der Waals surface area contributed by atoms with Gasteiger partial charge in [0.1, 0.15) is 9.33 Å². The molecule has 1 unspecified atom stereocenters. The van der Waals surface area contributed by atoms with Gasteiger partial charge < -0.3 is 10.1 Å². The normalized spacial score (nSPS) is 22.7. The van der Waals surface area contributed by atoms with Gasteiger partial charge in [-0.1, -0.05) is 0 Å². The smallest absolute Gasteiger partial charge is 0.341 e. The third-order valence-electron chi connectivity index (χ3n) is 3.70. The van der Waals surface area contributed by atoms with E-state index in [2.05, 4.69) is 5.32 Å². The molecule has 114 valence electrons. The number of halogens is 2. The van der Waals surface area contributed by atoms with Gasteiger partial charge in [-0.3, -0.25) is 4.79 Å². The summed E-state index contributed by atoms with van der Waals surface area (Å²) in [4.78, 5) is 24.2. The number of alkyl halides is 2. The van der Waals surface area contributed by atoms with Crippen LogP contribution < -0.4 is 5.32 Å². The van der Waals surface area contributed by atoms with Crippen LogP contribution in [0.1, 0.15) is 48.0 Å². The molecule has 2 aliphatic carbocycles. The molecule has 4 nitrogen and oxygen atoms in total. The summed E-state index contributed by atoms with van der Waals surface area (Å²) < 4.78 is 4.14. The highest BCUT2D eigenvalue weighted by atomic mass is 35.5. The molecule has 1 aromatic rings. The van der Waals surface area contributed by atoms with Crippen LogP contribution in [0.2, 0.25) is 0 Å². The Balaban J connectivity index is 1.81. The molecule has 2 fully saturated rings. The van der Waals surface area contributed by atoms with Crippen LogP contribution in [0.4, 0.5) is 5.00 Å². The van der Waals surface area contributed by atoms with Crippen LogP contribution in [-0.4, -0.2) is 22.8 Å². The maximum Gasteiger partial charge on any atom is 0.341 e. The number of hydrogen-bond acceptors (Lipinski definition) is 4. The number of anilines is 1. The quantitative estimate of drug-likeness (QED) is 0.648. The van der Waals surface area contributed by atoms with Crippen molar-refractivity contribution in [3.8, 4) is 0 Å². The zero-order chi connectivity index (χ0) is 15.2. The highest BCUT2D eigenvalue weighted by molar-refractivity contribution is 7.15. The molecule has 21 heavy (non-hydrogen) atoms. The van der Waals surface area contributed by atoms with E-state index in [9.17, 15) is 9.59 Å². The predicted octanol–water partition coefficient (Wildman–Crippen LogP) is 3.93. The van der Waals surface area contributed by atoms with Gasteiger partial charge in [-0.15, -0.1) is 34.5 Å². The summed E-state index contributed by atoms with van der Waals surface area (Å²) in [6.45, 7) is 2.07. The van der Waals surface area contributed by atoms with Crippen molar-refractivity contribution in [1.82, 2.24) is 0 Å². The lowest BCUT2D eigenvalue weighted by Crippen LogP contribution is -2.18. The summed E-state index contributed by atoms with van der Waals surface area (Å²) in [6.07, 6.45) is 2.59. The number of ether oxygens (including phenoxy) is 1. The first-order valence-electron chi connectivity index (χ1n) is 6.91. The van der Waals surface area contributed by atoms with Crippen LogP contribution in [-0.2, 0) is 9.53 Å². The van der Waals surface area contributed by atoms with Crippen molar-refractivity contribution in [3.63, 3.8) is 0 Å². The molecular weight excluding hydrogens is 333 g/mol. The monoisotopic (exact) mass is 347 g/mol. The molecule has 0 aliphatic heterocycles. The summed E-state index contributed by atoms with van der Waals surface area (Å²) in [5.74, 6) is -0.626. The average Bonchev–Trinajstić information content (AvgIpc) is 3.30. The Morgan fingerprint density at radius 3 is 2.67 bits per heavy atom. The van der Waals surface area contributed by atoms with Crippen LogP contribution in [0.3, 0.4) is 0 Å². The molecular formula is C14H15Cl2NO3S. The molecule has 1 atom stereocenters. The number of carbonyl (C=O) groups is 2. The van der Waals surface area contributed by atoms with Gasteiger partial charge >= 0.3 is 5.97 Å². The Labute approximate surface area is 136 Å². The summed E-state index contributed by atoms with van der Waals surface area (Å²) >= 11 is 13.2. The van der Waals surface area contributed by atoms with Gasteiger partial charge in [0.05, 0.1) is 18.1 Å². The molecule has 1 heterocycles. The lowest BCUT2D eigenvalue weighted by Gasteiger charge is -2.08. The van der Waals surface area contributed by atoms with Gasteiger partial charge in [-0.25, -0.2) is 4.79 Å². The van der Waals surface area contributed by atoms with Gasteiger partial charge in [0, 0.05) is 0 Å². The van der Waals surface area contributed by atoms with Gasteiger partial charge in [0.15, 0.2) is 0 Å². The summed E-state index contributed by atoms with van der Waals surface area (Å²) in [7, 11) is 0. The highest BCUT2D eigenvalue weighted by Crippen LogP contribution is 2.54. The summed E-state index contributed by atoms with van der Waals surface area (Å²) in [5, 5.41) is 5.25.